The van der Waals surface area contributed by atoms with Gasteiger partial charge in [0.15, 0.2) is 0 Å². The standard InChI is InChI=1S/C24H33N3O2/c1-19-8-9-23(29-3)22(16-19)17-26-12-14-27(15-13-26)18-24(28)25-11-10-21-7-5-4-6-20(21)2/h4-9,16H,10-15,17-18H2,1-3H3,(H,25,28). The fraction of sp³-hybridized carbons (Fsp3) is 0.458. The van der Waals surface area contributed by atoms with Crippen molar-refractivity contribution < 1.29 is 9.53 Å². The molecule has 1 fully saturated rings. The van der Waals surface area contributed by atoms with Crippen molar-refractivity contribution in [3.63, 3.8) is 0 Å². The van der Waals surface area contributed by atoms with E-state index in [1.165, 1.54) is 22.3 Å². The molecule has 1 N–H and O–H groups in total. The molecule has 29 heavy (non-hydrogen) atoms. The van der Waals surface area contributed by atoms with Crippen molar-refractivity contribution in [3.05, 3.63) is 64.7 Å². The van der Waals surface area contributed by atoms with E-state index < -0.39 is 0 Å². The molecule has 1 aliphatic rings. The average Bonchev–Trinajstić information content (AvgIpc) is 2.71. The van der Waals surface area contributed by atoms with E-state index in [2.05, 4.69) is 59.3 Å². The summed E-state index contributed by atoms with van der Waals surface area (Å²) in [6, 6.07) is 14.7. The van der Waals surface area contributed by atoms with E-state index in [1.807, 2.05) is 12.1 Å². The highest BCUT2D eigenvalue weighted by molar-refractivity contribution is 5.78. The number of rotatable bonds is 8. The van der Waals surface area contributed by atoms with E-state index in [0.717, 1.165) is 44.9 Å². The number of benzene rings is 2. The number of hydrogen-bond donors (Lipinski definition) is 1. The summed E-state index contributed by atoms with van der Waals surface area (Å²) < 4.78 is 5.50. The second kappa shape index (κ2) is 10.4. The first-order valence-corrected chi connectivity index (χ1v) is 10.4. The summed E-state index contributed by atoms with van der Waals surface area (Å²) in [5, 5.41) is 3.07. The van der Waals surface area contributed by atoms with Gasteiger partial charge in [0.25, 0.3) is 0 Å². The summed E-state index contributed by atoms with van der Waals surface area (Å²) in [6.45, 7) is 10.1. The molecule has 0 spiro atoms. The van der Waals surface area contributed by atoms with E-state index in [4.69, 9.17) is 4.74 Å². The molecule has 0 aliphatic carbocycles. The third-order valence-electron chi connectivity index (χ3n) is 5.64. The first kappa shape index (κ1) is 21.3. The largest absolute Gasteiger partial charge is 0.496 e. The number of aryl methyl sites for hydroxylation is 2. The van der Waals surface area contributed by atoms with Gasteiger partial charge in [-0.2, -0.15) is 0 Å². The Bertz CT molecular complexity index is 814. The van der Waals surface area contributed by atoms with Gasteiger partial charge < -0.3 is 10.1 Å². The lowest BCUT2D eigenvalue weighted by Crippen LogP contribution is -2.49. The quantitative estimate of drug-likeness (QED) is 0.747. The molecule has 2 aromatic rings. The van der Waals surface area contributed by atoms with Crippen molar-refractivity contribution in [1.29, 1.82) is 0 Å². The molecule has 5 heteroatoms. The van der Waals surface area contributed by atoms with Crippen molar-refractivity contribution in [2.24, 2.45) is 0 Å². The van der Waals surface area contributed by atoms with Crippen molar-refractivity contribution in [2.45, 2.75) is 26.8 Å². The van der Waals surface area contributed by atoms with Gasteiger partial charge in [-0.1, -0.05) is 42.0 Å². The first-order valence-electron chi connectivity index (χ1n) is 10.4. The van der Waals surface area contributed by atoms with Crippen LogP contribution in [0.2, 0.25) is 0 Å². The monoisotopic (exact) mass is 395 g/mol. The predicted molar refractivity (Wildman–Crippen MR) is 117 cm³/mol. The third-order valence-corrected chi connectivity index (χ3v) is 5.64. The van der Waals surface area contributed by atoms with Crippen LogP contribution in [0.25, 0.3) is 0 Å². The highest BCUT2D eigenvalue weighted by Gasteiger charge is 2.20. The van der Waals surface area contributed by atoms with Gasteiger partial charge >= 0.3 is 0 Å². The number of hydrogen-bond acceptors (Lipinski definition) is 4. The van der Waals surface area contributed by atoms with Crippen molar-refractivity contribution in [2.75, 3.05) is 46.4 Å². The van der Waals surface area contributed by atoms with Gasteiger partial charge in [-0.15, -0.1) is 0 Å². The summed E-state index contributed by atoms with van der Waals surface area (Å²) in [6.07, 6.45) is 0.879. The Kier molecular flexibility index (Phi) is 7.67. The van der Waals surface area contributed by atoms with Crippen LogP contribution in [0.1, 0.15) is 22.3 Å². The van der Waals surface area contributed by atoms with Crippen molar-refractivity contribution >= 4 is 5.91 Å². The Morgan fingerprint density at radius 1 is 1.00 bits per heavy atom. The molecular formula is C24H33N3O2. The molecule has 0 atom stereocenters. The Morgan fingerprint density at radius 2 is 1.72 bits per heavy atom. The van der Waals surface area contributed by atoms with Crippen LogP contribution in [0.15, 0.2) is 42.5 Å². The molecule has 0 saturated carbocycles. The third kappa shape index (κ3) is 6.31. The van der Waals surface area contributed by atoms with E-state index in [9.17, 15) is 4.79 Å². The van der Waals surface area contributed by atoms with Gasteiger partial charge in [0.1, 0.15) is 5.75 Å². The number of carbonyl (C=O) groups excluding carboxylic acids is 1. The van der Waals surface area contributed by atoms with Crippen LogP contribution < -0.4 is 10.1 Å². The lowest BCUT2D eigenvalue weighted by molar-refractivity contribution is -0.122. The maximum atomic E-state index is 12.3. The summed E-state index contributed by atoms with van der Waals surface area (Å²) in [7, 11) is 1.73. The minimum absolute atomic E-state index is 0.118. The number of ether oxygens (including phenoxy) is 1. The number of piperazine rings is 1. The van der Waals surface area contributed by atoms with E-state index >= 15 is 0 Å². The first-order chi connectivity index (χ1) is 14.0. The van der Waals surface area contributed by atoms with Gasteiger partial charge in [0, 0.05) is 44.8 Å². The van der Waals surface area contributed by atoms with Crippen LogP contribution in [0.5, 0.6) is 5.75 Å². The Balaban J connectivity index is 1.39. The number of amides is 1. The zero-order valence-electron chi connectivity index (χ0n) is 17.9. The minimum atomic E-state index is 0.118. The summed E-state index contributed by atoms with van der Waals surface area (Å²) in [5.74, 6) is 1.07. The minimum Gasteiger partial charge on any atom is -0.496 e. The Hall–Kier alpha value is -2.37. The number of methoxy groups -OCH3 is 1. The van der Waals surface area contributed by atoms with Crippen LogP contribution in [0.4, 0.5) is 0 Å². The van der Waals surface area contributed by atoms with Crippen LogP contribution in [-0.2, 0) is 17.8 Å². The SMILES string of the molecule is COc1ccc(C)cc1CN1CCN(CC(=O)NCCc2ccccc2C)CC1. The van der Waals surface area contributed by atoms with Crippen LogP contribution in [0.3, 0.4) is 0 Å². The fourth-order valence-corrected chi connectivity index (χ4v) is 3.86. The second-order valence-corrected chi connectivity index (χ2v) is 7.89. The van der Waals surface area contributed by atoms with E-state index in [1.54, 1.807) is 7.11 Å². The molecule has 1 aliphatic heterocycles. The topological polar surface area (TPSA) is 44.8 Å². The van der Waals surface area contributed by atoms with Gasteiger partial charge in [-0.3, -0.25) is 14.6 Å². The normalized spacial score (nSPS) is 15.3. The van der Waals surface area contributed by atoms with E-state index in [0.29, 0.717) is 13.1 Å². The fourth-order valence-electron chi connectivity index (χ4n) is 3.86. The molecule has 2 aromatic carbocycles. The predicted octanol–water partition coefficient (Wildman–Crippen LogP) is 2.79. The average molecular weight is 396 g/mol. The van der Waals surface area contributed by atoms with Crippen molar-refractivity contribution in [3.8, 4) is 5.75 Å². The zero-order valence-corrected chi connectivity index (χ0v) is 17.9. The summed E-state index contributed by atoms with van der Waals surface area (Å²) in [5.41, 5.74) is 5.06. The molecule has 5 nitrogen and oxygen atoms in total. The highest BCUT2D eigenvalue weighted by Crippen LogP contribution is 2.22. The summed E-state index contributed by atoms with van der Waals surface area (Å²) in [4.78, 5) is 17.0. The molecule has 0 unspecified atom stereocenters. The van der Waals surface area contributed by atoms with E-state index in [-0.39, 0.29) is 5.91 Å². The lowest BCUT2D eigenvalue weighted by atomic mass is 10.1. The zero-order chi connectivity index (χ0) is 20.6. The molecule has 156 valence electrons. The molecular weight excluding hydrogens is 362 g/mol. The van der Waals surface area contributed by atoms with Gasteiger partial charge in [0.05, 0.1) is 13.7 Å². The molecule has 0 radical (unpaired) electrons. The van der Waals surface area contributed by atoms with Crippen LogP contribution in [-0.4, -0.2) is 62.1 Å². The Labute approximate surface area is 174 Å². The molecule has 3 rings (SSSR count). The summed E-state index contributed by atoms with van der Waals surface area (Å²) >= 11 is 0. The number of carbonyl (C=O) groups is 1. The number of nitrogens with one attached hydrogen (secondary N) is 1. The van der Waals surface area contributed by atoms with Crippen LogP contribution >= 0.6 is 0 Å². The maximum absolute atomic E-state index is 12.3. The molecule has 1 amide bonds. The molecule has 0 bridgehead atoms. The van der Waals surface area contributed by atoms with Gasteiger partial charge in [-0.25, -0.2) is 0 Å². The molecule has 1 heterocycles. The smallest absolute Gasteiger partial charge is 0.234 e. The second-order valence-electron chi connectivity index (χ2n) is 7.89. The maximum Gasteiger partial charge on any atom is 0.234 e. The number of nitrogens with zero attached hydrogens (tertiary/aromatic N) is 2. The van der Waals surface area contributed by atoms with Gasteiger partial charge in [-0.05, 0) is 37.5 Å². The highest BCUT2D eigenvalue weighted by atomic mass is 16.5. The molecule has 1 saturated heterocycles. The lowest BCUT2D eigenvalue weighted by Gasteiger charge is -2.34. The van der Waals surface area contributed by atoms with Crippen LogP contribution in [0, 0.1) is 13.8 Å². The van der Waals surface area contributed by atoms with Crippen molar-refractivity contribution in [1.82, 2.24) is 15.1 Å². The van der Waals surface area contributed by atoms with Gasteiger partial charge in [0.2, 0.25) is 5.91 Å². The Morgan fingerprint density at radius 3 is 2.45 bits per heavy atom. The molecule has 0 aromatic heterocycles.